The van der Waals surface area contributed by atoms with Crippen molar-refractivity contribution in [1.29, 1.82) is 0 Å². The predicted molar refractivity (Wildman–Crippen MR) is 103 cm³/mol. The molecule has 1 aromatic heterocycles. The molecule has 1 amide bonds. The second-order valence-corrected chi connectivity index (χ2v) is 6.74. The van der Waals surface area contributed by atoms with Gasteiger partial charge in [-0.15, -0.1) is 11.3 Å². The van der Waals surface area contributed by atoms with Crippen LogP contribution >= 0.6 is 11.3 Å². The number of hydrogen-bond donors (Lipinski definition) is 1. The average Bonchev–Trinajstić information content (AvgIpc) is 3.12. The average molecular weight is 401 g/mol. The number of carbonyl (C=O) groups is 3. The summed E-state index contributed by atoms with van der Waals surface area (Å²) in [6.45, 7) is 1.33. The molecule has 6 nitrogen and oxygen atoms in total. The Hall–Kier alpha value is -3.26. The minimum Gasteiger partial charge on any atom is -0.462 e. The number of carbonyl (C=O) groups excluding carboxylic acids is 3. The maximum atomic E-state index is 13.7. The van der Waals surface area contributed by atoms with Crippen LogP contribution in [0, 0.1) is 5.82 Å². The number of ether oxygens (including phenoxy) is 2. The molecule has 3 aromatic rings. The second-order valence-electron chi connectivity index (χ2n) is 5.65. The van der Waals surface area contributed by atoms with Crippen molar-refractivity contribution in [2.45, 2.75) is 6.92 Å². The minimum absolute atomic E-state index is 0.194. The van der Waals surface area contributed by atoms with Crippen LogP contribution in [0.15, 0.2) is 48.5 Å². The molecular formula is C20H16FNO5S. The predicted octanol–water partition coefficient (Wildman–Crippen LogP) is 4.01. The van der Waals surface area contributed by atoms with Gasteiger partial charge in [0, 0.05) is 10.1 Å². The van der Waals surface area contributed by atoms with Gasteiger partial charge in [-0.3, -0.25) is 4.79 Å². The number of hydrogen-bond acceptors (Lipinski definition) is 6. The Kier molecular flexibility index (Phi) is 6.00. The van der Waals surface area contributed by atoms with Gasteiger partial charge < -0.3 is 14.8 Å². The molecule has 0 unspecified atom stereocenters. The van der Waals surface area contributed by atoms with Gasteiger partial charge in [-0.1, -0.05) is 18.2 Å². The topological polar surface area (TPSA) is 81.7 Å². The van der Waals surface area contributed by atoms with Crippen LogP contribution < -0.4 is 5.32 Å². The normalized spacial score (nSPS) is 10.5. The molecular weight excluding hydrogens is 385 g/mol. The highest BCUT2D eigenvalue weighted by Gasteiger charge is 2.17. The van der Waals surface area contributed by atoms with Gasteiger partial charge in [-0.2, -0.15) is 0 Å². The lowest BCUT2D eigenvalue weighted by molar-refractivity contribution is -0.119. The molecule has 0 fully saturated rings. The van der Waals surface area contributed by atoms with Gasteiger partial charge in [0.25, 0.3) is 5.91 Å². The maximum absolute atomic E-state index is 13.7. The summed E-state index contributed by atoms with van der Waals surface area (Å²) < 4.78 is 24.3. The molecule has 144 valence electrons. The number of benzene rings is 2. The van der Waals surface area contributed by atoms with Crippen LogP contribution in [0.4, 0.5) is 10.1 Å². The van der Waals surface area contributed by atoms with Gasteiger partial charge in [-0.25, -0.2) is 14.0 Å². The fourth-order valence-electron chi connectivity index (χ4n) is 2.49. The van der Waals surface area contributed by atoms with Crippen LogP contribution in [0.5, 0.6) is 0 Å². The van der Waals surface area contributed by atoms with E-state index >= 15 is 0 Å². The van der Waals surface area contributed by atoms with E-state index in [1.54, 1.807) is 37.3 Å². The van der Waals surface area contributed by atoms with Crippen LogP contribution in [0.1, 0.15) is 27.0 Å². The van der Waals surface area contributed by atoms with E-state index in [1.807, 2.05) is 0 Å². The molecule has 28 heavy (non-hydrogen) atoms. The van der Waals surface area contributed by atoms with Crippen LogP contribution in [0.2, 0.25) is 0 Å². The van der Waals surface area contributed by atoms with Crippen LogP contribution in [-0.2, 0) is 14.3 Å². The van der Waals surface area contributed by atoms with E-state index in [4.69, 9.17) is 9.47 Å². The number of esters is 2. The van der Waals surface area contributed by atoms with Crippen molar-refractivity contribution in [1.82, 2.24) is 0 Å². The summed E-state index contributed by atoms with van der Waals surface area (Å²) in [5.41, 5.74) is 0.454. The molecule has 0 atom stereocenters. The number of fused-ring (bicyclic) bond motifs is 1. The SMILES string of the molecule is CCOC(=O)c1ccccc1NC(=O)COC(=O)c1cc2c(F)cccc2s1. The van der Waals surface area contributed by atoms with E-state index in [0.717, 1.165) is 11.3 Å². The Balaban J connectivity index is 1.63. The molecule has 0 bridgehead atoms. The number of thiophene rings is 1. The number of amides is 1. The first-order valence-corrected chi connectivity index (χ1v) is 9.22. The third-order valence-corrected chi connectivity index (χ3v) is 4.82. The third kappa shape index (κ3) is 4.34. The van der Waals surface area contributed by atoms with E-state index < -0.39 is 30.3 Å². The summed E-state index contributed by atoms with van der Waals surface area (Å²) in [5, 5.41) is 2.84. The number of halogens is 1. The number of para-hydroxylation sites is 1. The van der Waals surface area contributed by atoms with Gasteiger partial charge in [0.05, 0.1) is 17.9 Å². The van der Waals surface area contributed by atoms with Crippen LogP contribution in [0.3, 0.4) is 0 Å². The molecule has 0 radical (unpaired) electrons. The molecule has 0 aliphatic heterocycles. The van der Waals surface area contributed by atoms with Crippen molar-refractivity contribution in [3.63, 3.8) is 0 Å². The lowest BCUT2D eigenvalue weighted by atomic mass is 10.2. The minimum atomic E-state index is -0.727. The number of anilines is 1. The van der Waals surface area contributed by atoms with E-state index in [-0.39, 0.29) is 22.7 Å². The lowest BCUT2D eigenvalue weighted by Crippen LogP contribution is -2.22. The Labute approximate surface area is 163 Å². The summed E-state index contributed by atoms with van der Waals surface area (Å²) in [4.78, 5) is 36.4. The van der Waals surface area contributed by atoms with Gasteiger partial charge >= 0.3 is 11.9 Å². The molecule has 3 rings (SSSR count). The first kappa shape index (κ1) is 19.5. The molecule has 8 heteroatoms. The lowest BCUT2D eigenvalue weighted by Gasteiger charge is -2.10. The zero-order valence-corrected chi connectivity index (χ0v) is 15.7. The monoisotopic (exact) mass is 401 g/mol. The highest BCUT2D eigenvalue weighted by molar-refractivity contribution is 7.20. The van der Waals surface area contributed by atoms with Gasteiger partial charge in [0.1, 0.15) is 10.7 Å². The van der Waals surface area contributed by atoms with Gasteiger partial charge in [-0.05, 0) is 37.3 Å². The Bertz CT molecular complexity index is 1050. The quantitative estimate of drug-likeness (QED) is 0.631. The molecule has 1 N–H and O–H groups in total. The molecule has 0 spiro atoms. The smallest absolute Gasteiger partial charge is 0.348 e. The Morgan fingerprint density at radius 2 is 1.82 bits per heavy atom. The molecule has 1 heterocycles. The summed E-state index contributed by atoms with van der Waals surface area (Å²) in [6, 6.07) is 12.3. The van der Waals surface area contributed by atoms with Crippen molar-refractivity contribution in [2.24, 2.45) is 0 Å². The third-order valence-electron chi connectivity index (χ3n) is 3.74. The van der Waals surface area contributed by atoms with Gasteiger partial charge in [0.2, 0.25) is 0 Å². The van der Waals surface area contributed by atoms with Crippen molar-refractivity contribution in [3.8, 4) is 0 Å². The number of rotatable bonds is 6. The van der Waals surface area contributed by atoms with E-state index in [9.17, 15) is 18.8 Å². The van der Waals surface area contributed by atoms with Crippen molar-refractivity contribution >= 4 is 45.0 Å². The first-order valence-electron chi connectivity index (χ1n) is 8.40. The standard InChI is InChI=1S/C20H16FNO5S/c1-2-26-19(24)12-6-3-4-8-15(12)22-18(23)11-27-20(25)17-10-13-14(21)7-5-9-16(13)28-17/h3-10H,2,11H2,1H3,(H,22,23). The fourth-order valence-corrected chi connectivity index (χ4v) is 3.46. The zero-order valence-electron chi connectivity index (χ0n) is 14.9. The molecule has 2 aromatic carbocycles. The van der Waals surface area contributed by atoms with Crippen molar-refractivity contribution < 1.29 is 28.2 Å². The highest BCUT2D eigenvalue weighted by atomic mass is 32.1. The highest BCUT2D eigenvalue weighted by Crippen LogP contribution is 2.28. The number of nitrogens with one attached hydrogen (secondary N) is 1. The van der Waals surface area contributed by atoms with Crippen LogP contribution in [-0.4, -0.2) is 31.1 Å². The Morgan fingerprint density at radius 1 is 1.04 bits per heavy atom. The summed E-state index contributed by atoms with van der Waals surface area (Å²) in [5.74, 6) is -2.34. The first-order chi connectivity index (χ1) is 13.5. The molecule has 0 saturated heterocycles. The summed E-state index contributed by atoms with van der Waals surface area (Å²) >= 11 is 1.08. The Morgan fingerprint density at radius 3 is 2.57 bits per heavy atom. The maximum Gasteiger partial charge on any atom is 0.348 e. The largest absolute Gasteiger partial charge is 0.462 e. The summed E-state index contributed by atoms with van der Waals surface area (Å²) in [6.07, 6.45) is 0. The molecule has 0 aliphatic rings. The van der Waals surface area contributed by atoms with Crippen molar-refractivity contribution in [2.75, 3.05) is 18.5 Å². The zero-order chi connectivity index (χ0) is 20.1. The van der Waals surface area contributed by atoms with E-state index in [0.29, 0.717) is 10.1 Å². The fraction of sp³-hybridized carbons (Fsp3) is 0.150. The van der Waals surface area contributed by atoms with E-state index in [2.05, 4.69) is 5.32 Å². The van der Waals surface area contributed by atoms with Gasteiger partial charge in [0.15, 0.2) is 6.61 Å². The molecule has 0 aliphatic carbocycles. The van der Waals surface area contributed by atoms with E-state index in [1.165, 1.54) is 18.2 Å². The summed E-state index contributed by atoms with van der Waals surface area (Å²) in [7, 11) is 0. The second kappa shape index (κ2) is 8.62. The molecule has 0 saturated carbocycles. The van der Waals surface area contributed by atoms with Crippen LogP contribution in [0.25, 0.3) is 10.1 Å². The van der Waals surface area contributed by atoms with Crippen molar-refractivity contribution in [3.05, 3.63) is 64.8 Å².